The normalized spacial score (nSPS) is 12.5. The van der Waals surface area contributed by atoms with Crippen LogP contribution in [0.25, 0.3) is 0 Å². The maximum atomic E-state index is 12.9. The first-order valence-electron chi connectivity index (χ1n) is 28.8. The molecule has 1 atom stereocenters. The lowest BCUT2D eigenvalue weighted by molar-refractivity contribution is -0.167. The second-order valence-electron chi connectivity index (χ2n) is 19.2. The fraction of sp³-hybridized carbons (Fsp3) is 0.787. The molecule has 0 aliphatic heterocycles. The van der Waals surface area contributed by atoms with E-state index in [0.29, 0.717) is 19.3 Å². The molecule has 0 saturated heterocycles. The minimum atomic E-state index is -0.785. The van der Waals surface area contributed by atoms with Gasteiger partial charge in [-0.1, -0.05) is 223 Å². The Hall–Kier alpha value is -2.89. The molecule has 0 aliphatic carbocycles. The van der Waals surface area contributed by atoms with Gasteiger partial charge in [-0.05, 0) is 109 Å². The summed E-state index contributed by atoms with van der Waals surface area (Å²) in [6, 6.07) is 0. The topological polar surface area (TPSA) is 78.9 Å². The molecule has 0 aromatic carbocycles. The maximum Gasteiger partial charge on any atom is 0.306 e. The first kappa shape index (κ1) is 64.1. The van der Waals surface area contributed by atoms with Crippen molar-refractivity contribution < 1.29 is 28.6 Å². The minimum absolute atomic E-state index is 0.0837. The van der Waals surface area contributed by atoms with Gasteiger partial charge in [0, 0.05) is 19.3 Å². The summed E-state index contributed by atoms with van der Waals surface area (Å²) in [5.74, 6) is -0.899. The molecular weight excluding hydrogens is 829 g/mol. The highest BCUT2D eigenvalue weighted by molar-refractivity contribution is 5.71. The molecule has 0 saturated carbocycles. The van der Waals surface area contributed by atoms with E-state index in [9.17, 15) is 14.4 Å². The predicted molar refractivity (Wildman–Crippen MR) is 288 cm³/mol. The number of hydrogen-bond acceptors (Lipinski definition) is 6. The number of carbonyl (C=O) groups excluding carboxylic acids is 3. The summed E-state index contributed by atoms with van der Waals surface area (Å²) in [5.41, 5.74) is 0. The molecule has 6 nitrogen and oxygen atoms in total. The van der Waals surface area contributed by atoms with Gasteiger partial charge in [-0.2, -0.15) is 0 Å². The molecule has 0 bridgehead atoms. The van der Waals surface area contributed by atoms with Crippen LogP contribution in [-0.4, -0.2) is 37.2 Å². The van der Waals surface area contributed by atoms with Crippen LogP contribution in [0.5, 0.6) is 0 Å². The van der Waals surface area contributed by atoms with Crippen molar-refractivity contribution in [2.24, 2.45) is 0 Å². The van der Waals surface area contributed by atoms with Gasteiger partial charge in [0.05, 0.1) is 0 Å². The van der Waals surface area contributed by atoms with Gasteiger partial charge in [-0.3, -0.25) is 14.4 Å². The molecule has 0 fully saturated rings. The van der Waals surface area contributed by atoms with Gasteiger partial charge in [0.2, 0.25) is 0 Å². The van der Waals surface area contributed by atoms with Crippen molar-refractivity contribution in [1.82, 2.24) is 0 Å². The van der Waals surface area contributed by atoms with Crippen LogP contribution in [0, 0.1) is 0 Å². The highest BCUT2D eigenvalue weighted by Gasteiger charge is 2.19. The van der Waals surface area contributed by atoms with Crippen LogP contribution in [0.15, 0.2) is 60.8 Å². The number of rotatable bonds is 52. The first-order chi connectivity index (χ1) is 33.0. The number of hydrogen-bond donors (Lipinski definition) is 0. The average molecular weight is 938 g/mol. The van der Waals surface area contributed by atoms with Crippen LogP contribution < -0.4 is 0 Å². The summed E-state index contributed by atoms with van der Waals surface area (Å²) in [7, 11) is 0. The zero-order valence-electron chi connectivity index (χ0n) is 44.4. The number of esters is 3. The molecule has 6 heteroatoms. The molecular formula is C61H108O6. The Balaban J connectivity index is 4.39. The zero-order valence-corrected chi connectivity index (χ0v) is 44.4. The Morgan fingerprint density at radius 2 is 0.537 bits per heavy atom. The lowest BCUT2D eigenvalue weighted by atomic mass is 10.1. The second kappa shape index (κ2) is 55.7. The Morgan fingerprint density at radius 3 is 0.896 bits per heavy atom. The number of unbranched alkanes of at least 4 members (excludes halogenated alkanes) is 31. The minimum Gasteiger partial charge on any atom is -0.462 e. The molecule has 0 aliphatic rings. The molecule has 0 radical (unpaired) electrons. The number of ether oxygens (including phenoxy) is 3. The summed E-state index contributed by atoms with van der Waals surface area (Å²) in [6.45, 7) is 6.59. The second-order valence-corrected chi connectivity index (χ2v) is 19.2. The molecule has 0 heterocycles. The third kappa shape index (κ3) is 53.9. The van der Waals surface area contributed by atoms with E-state index in [-0.39, 0.29) is 31.1 Å². The summed E-state index contributed by atoms with van der Waals surface area (Å²) in [6.07, 6.45) is 69.2. The average Bonchev–Trinajstić information content (AvgIpc) is 3.33. The van der Waals surface area contributed by atoms with Crippen molar-refractivity contribution in [1.29, 1.82) is 0 Å². The quantitative estimate of drug-likeness (QED) is 0.0262. The third-order valence-corrected chi connectivity index (χ3v) is 12.5. The molecule has 0 spiro atoms. The van der Waals surface area contributed by atoms with E-state index in [4.69, 9.17) is 14.2 Å². The Morgan fingerprint density at radius 1 is 0.299 bits per heavy atom. The third-order valence-electron chi connectivity index (χ3n) is 12.5. The monoisotopic (exact) mass is 937 g/mol. The summed E-state index contributed by atoms with van der Waals surface area (Å²) < 4.78 is 16.9. The van der Waals surface area contributed by atoms with E-state index in [1.54, 1.807) is 0 Å². The van der Waals surface area contributed by atoms with Crippen molar-refractivity contribution in [2.45, 2.75) is 297 Å². The predicted octanol–water partition coefficient (Wildman–Crippen LogP) is 19.2. The standard InChI is InChI=1S/C61H108O6/c1-4-7-10-13-16-19-22-25-27-29-30-32-33-36-39-42-45-48-51-54-60(63)66-57-58(56-65-59(62)53-50-47-44-41-38-35-24-21-18-15-12-9-6-3)67-61(64)55-52-49-46-43-40-37-34-31-28-26-23-20-17-14-11-8-5-2/h16,19,21,24-28,30,32,58H,4-15,17-18,20,22-23,29,31,33-57H2,1-3H3/b19-16-,24-21-,27-25-,28-26-,32-30-/t58-/m1/s1. The van der Waals surface area contributed by atoms with Gasteiger partial charge < -0.3 is 14.2 Å². The highest BCUT2D eigenvalue weighted by Crippen LogP contribution is 2.15. The van der Waals surface area contributed by atoms with Gasteiger partial charge in [-0.25, -0.2) is 0 Å². The van der Waals surface area contributed by atoms with E-state index >= 15 is 0 Å². The maximum absolute atomic E-state index is 12.9. The van der Waals surface area contributed by atoms with Crippen molar-refractivity contribution in [3.8, 4) is 0 Å². The van der Waals surface area contributed by atoms with E-state index < -0.39 is 6.10 Å². The van der Waals surface area contributed by atoms with Gasteiger partial charge >= 0.3 is 17.9 Å². The molecule has 0 amide bonds. The van der Waals surface area contributed by atoms with Crippen molar-refractivity contribution >= 4 is 17.9 Å². The van der Waals surface area contributed by atoms with Gasteiger partial charge in [0.15, 0.2) is 6.10 Å². The zero-order chi connectivity index (χ0) is 48.6. The fourth-order valence-corrected chi connectivity index (χ4v) is 8.09. The molecule has 388 valence electrons. The highest BCUT2D eigenvalue weighted by atomic mass is 16.6. The Labute approximate surface area is 415 Å². The Bertz CT molecular complexity index is 1210. The van der Waals surface area contributed by atoms with Crippen molar-refractivity contribution in [3.63, 3.8) is 0 Å². The fourth-order valence-electron chi connectivity index (χ4n) is 8.09. The SMILES string of the molecule is CCCCC/C=C\C/C=C\C/C=C\CCCCCCCCC(=O)OC[C@@H](COC(=O)CCCCCCC/C=C\CCCCCC)OC(=O)CCCCCCCCC/C=C\CCCCCCCC. The molecule has 0 aromatic heterocycles. The van der Waals surface area contributed by atoms with Gasteiger partial charge in [0.1, 0.15) is 13.2 Å². The van der Waals surface area contributed by atoms with Crippen LogP contribution in [0.2, 0.25) is 0 Å². The number of allylic oxidation sites excluding steroid dienone is 10. The van der Waals surface area contributed by atoms with Crippen LogP contribution in [0.4, 0.5) is 0 Å². The molecule has 0 rings (SSSR count). The molecule has 0 unspecified atom stereocenters. The lowest BCUT2D eigenvalue weighted by Gasteiger charge is -2.18. The van der Waals surface area contributed by atoms with E-state index in [2.05, 4.69) is 81.5 Å². The van der Waals surface area contributed by atoms with E-state index in [1.165, 1.54) is 167 Å². The molecule has 0 aromatic rings. The van der Waals surface area contributed by atoms with Crippen LogP contribution in [-0.2, 0) is 28.6 Å². The van der Waals surface area contributed by atoms with Crippen LogP contribution >= 0.6 is 0 Å². The van der Waals surface area contributed by atoms with Crippen molar-refractivity contribution in [3.05, 3.63) is 60.8 Å². The van der Waals surface area contributed by atoms with Gasteiger partial charge in [-0.15, -0.1) is 0 Å². The van der Waals surface area contributed by atoms with E-state index in [1.807, 2.05) is 0 Å². The van der Waals surface area contributed by atoms with Crippen LogP contribution in [0.1, 0.15) is 290 Å². The Kier molecular flexibility index (Phi) is 53.3. The lowest BCUT2D eigenvalue weighted by Crippen LogP contribution is -2.30. The first-order valence-corrected chi connectivity index (χ1v) is 28.8. The summed E-state index contributed by atoms with van der Waals surface area (Å²) in [4.78, 5) is 38.1. The van der Waals surface area contributed by atoms with Gasteiger partial charge in [0.25, 0.3) is 0 Å². The largest absolute Gasteiger partial charge is 0.462 e. The smallest absolute Gasteiger partial charge is 0.306 e. The number of carbonyl (C=O) groups is 3. The molecule has 0 N–H and O–H groups in total. The summed E-state index contributed by atoms with van der Waals surface area (Å²) in [5, 5.41) is 0. The summed E-state index contributed by atoms with van der Waals surface area (Å²) >= 11 is 0. The molecule has 67 heavy (non-hydrogen) atoms. The van der Waals surface area contributed by atoms with Crippen LogP contribution in [0.3, 0.4) is 0 Å². The van der Waals surface area contributed by atoms with E-state index in [0.717, 1.165) is 83.5 Å². The van der Waals surface area contributed by atoms with Crippen molar-refractivity contribution in [2.75, 3.05) is 13.2 Å².